The molecule has 3 heterocycles. The van der Waals surface area contributed by atoms with Crippen LogP contribution in [0.15, 0.2) is 36.4 Å². The van der Waals surface area contributed by atoms with Crippen LogP contribution in [0.25, 0.3) is 11.3 Å². The number of nitrogens with zero attached hydrogens (tertiary/aromatic N) is 4. The maximum Gasteiger partial charge on any atom is 0.295 e. The average Bonchev–Trinajstić information content (AvgIpc) is 3.28. The van der Waals surface area contributed by atoms with Gasteiger partial charge in [0.25, 0.3) is 5.69 Å². The van der Waals surface area contributed by atoms with Crippen molar-refractivity contribution in [2.75, 3.05) is 31.1 Å². The van der Waals surface area contributed by atoms with Crippen molar-refractivity contribution in [1.29, 1.82) is 0 Å². The van der Waals surface area contributed by atoms with Crippen LogP contribution in [0.2, 0.25) is 0 Å². The van der Waals surface area contributed by atoms with Crippen LogP contribution in [-0.4, -0.2) is 46.9 Å². The van der Waals surface area contributed by atoms with E-state index in [1.165, 1.54) is 30.3 Å². The summed E-state index contributed by atoms with van der Waals surface area (Å²) in [5, 5.41) is 11.4. The quantitative estimate of drug-likeness (QED) is 0.580. The zero-order chi connectivity index (χ0) is 20.4. The molecule has 0 atom stereocenters. The van der Waals surface area contributed by atoms with E-state index in [1.807, 2.05) is 4.90 Å². The molecular weight excluding hydrogens is 375 g/mol. The number of rotatable bonds is 4. The van der Waals surface area contributed by atoms with Crippen molar-refractivity contribution in [3.8, 4) is 11.3 Å². The van der Waals surface area contributed by atoms with E-state index in [0.717, 1.165) is 38.8 Å². The molecule has 0 spiro atoms. The molecule has 0 bridgehead atoms. The molecule has 1 aromatic heterocycles. The Kier molecular flexibility index (Phi) is 5.42. The first-order chi connectivity index (χ1) is 14.0. The summed E-state index contributed by atoms with van der Waals surface area (Å²) >= 11 is 0. The molecule has 2 aromatic rings. The smallest absolute Gasteiger partial charge is 0.295 e. The maximum absolute atomic E-state index is 13.3. The normalized spacial score (nSPS) is 17.6. The van der Waals surface area contributed by atoms with E-state index in [1.54, 1.807) is 6.07 Å². The third-order valence-electron chi connectivity index (χ3n) is 5.76. The first-order valence-corrected chi connectivity index (χ1v) is 9.98. The topological polar surface area (TPSA) is 79.6 Å². The van der Waals surface area contributed by atoms with E-state index in [-0.39, 0.29) is 23.2 Å². The number of carbonyl (C=O) groups is 1. The molecule has 0 aliphatic carbocycles. The minimum Gasteiger partial charge on any atom is -0.357 e. The van der Waals surface area contributed by atoms with E-state index in [9.17, 15) is 19.3 Å². The van der Waals surface area contributed by atoms with Gasteiger partial charge in [0.1, 0.15) is 11.6 Å². The van der Waals surface area contributed by atoms with Crippen LogP contribution in [0.5, 0.6) is 0 Å². The van der Waals surface area contributed by atoms with Gasteiger partial charge in [-0.3, -0.25) is 14.9 Å². The number of piperidine rings is 1. The van der Waals surface area contributed by atoms with Gasteiger partial charge in [0, 0.05) is 43.7 Å². The van der Waals surface area contributed by atoms with Crippen molar-refractivity contribution >= 4 is 17.4 Å². The Hall–Kier alpha value is -3.03. The van der Waals surface area contributed by atoms with Gasteiger partial charge in [-0.1, -0.05) is 0 Å². The van der Waals surface area contributed by atoms with Crippen LogP contribution in [0.3, 0.4) is 0 Å². The zero-order valence-corrected chi connectivity index (χ0v) is 16.1. The Balaban J connectivity index is 1.52. The zero-order valence-electron chi connectivity index (χ0n) is 16.1. The van der Waals surface area contributed by atoms with Crippen LogP contribution in [0.1, 0.15) is 25.7 Å². The fourth-order valence-corrected chi connectivity index (χ4v) is 4.14. The van der Waals surface area contributed by atoms with E-state index >= 15 is 0 Å². The molecule has 2 aliphatic rings. The van der Waals surface area contributed by atoms with Gasteiger partial charge in [-0.25, -0.2) is 9.37 Å². The molecule has 0 N–H and O–H groups in total. The molecule has 2 fully saturated rings. The number of carbonyl (C=O) groups excluding carboxylic acids is 1. The van der Waals surface area contributed by atoms with E-state index in [0.29, 0.717) is 24.5 Å². The maximum atomic E-state index is 13.3. The van der Waals surface area contributed by atoms with Gasteiger partial charge in [0.2, 0.25) is 5.91 Å². The molecule has 152 valence electrons. The minimum atomic E-state index is -0.476. The number of hydrogen-bond acceptors (Lipinski definition) is 5. The number of anilines is 1. The summed E-state index contributed by atoms with van der Waals surface area (Å²) in [5.41, 5.74) is 0.612. The van der Waals surface area contributed by atoms with Gasteiger partial charge in [-0.15, -0.1) is 0 Å². The molecule has 8 heteroatoms. The van der Waals surface area contributed by atoms with Crippen molar-refractivity contribution in [3.63, 3.8) is 0 Å². The highest BCUT2D eigenvalue weighted by Gasteiger charge is 2.30. The second-order valence-electron chi connectivity index (χ2n) is 7.59. The van der Waals surface area contributed by atoms with Crippen LogP contribution < -0.4 is 4.90 Å². The number of nitro groups is 1. The average molecular weight is 398 g/mol. The number of hydrogen-bond donors (Lipinski definition) is 0. The van der Waals surface area contributed by atoms with E-state index < -0.39 is 10.7 Å². The highest BCUT2D eigenvalue weighted by atomic mass is 19.1. The van der Waals surface area contributed by atoms with Crippen molar-refractivity contribution < 1.29 is 14.1 Å². The summed E-state index contributed by atoms with van der Waals surface area (Å²) < 4.78 is 13.3. The van der Waals surface area contributed by atoms with Crippen molar-refractivity contribution in [1.82, 2.24) is 9.88 Å². The molecule has 4 rings (SSSR count). The van der Waals surface area contributed by atoms with Gasteiger partial charge < -0.3 is 9.80 Å². The van der Waals surface area contributed by atoms with Crippen molar-refractivity contribution in [3.05, 3.63) is 52.3 Å². The first kappa shape index (κ1) is 19.3. The lowest BCUT2D eigenvalue weighted by atomic mass is 9.95. The molecule has 0 unspecified atom stereocenters. The molecular formula is C21H23FN4O3. The van der Waals surface area contributed by atoms with Crippen molar-refractivity contribution in [2.45, 2.75) is 25.7 Å². The van der Waals surface area contributed by atoms with E-state index in [2.05, 4.69) is 9.88 Å². The fourth-order valence-electron chi connectivity index (χ4n) is 4.14. The van der Waals surface area contributed by atoms with E-state index in [4.69, 9.17) is 0 Å². The van der Waals surface area contributed by atoms with Gasteiger partial charge in [-0.05, 0) is 56.0 Å². The lowest BCUT2D eigenvalue weighted by Gasteiger charge is -2.34. The SMILES string of the molecule is O=C(C1CCN(c2ccc([N+](=O)[O-])c(-c3ccc(F)cc3)n2)CC1)N1CCCC1. The number of halogens is 1. The Morgan fingerprint density at radius 3 is 2.31 bits per heavy atom. The Morgan fingerprint density at radius 2 is 1.69 bits per heavy atom. The monoisotopic (exact) mass is 398 g/mol. The summed E-state index contributed by atoms with van der Waals surface area (Å²) in [6.45, 7) is 3.09. The number of benzene rings is 1. The Labute approximate surface area is 168 Å². The summed E-state index contributed by atoms with van der Waals surface area (Å²) in [4.78, 5) is 32.1. The molecule has 0 radical (unpaired) electrons. The summed E-state index contributed by atoms with van der Waals surface area (Å²) in [6, 6.07) is 8.62. The third kappa shape index (κ3) is 4.06. The third-order valence-corrected chi connectivity index (χ3v) is 5.76. The molecule has 1 aromatic carbocycles. The van der Waals surface area contributed by atoms with Crippen LogP contribution in [0, 0.1) is 21.8 Å². The minimum absolute atomic E-state index is 0.0407. The predicted octanol–water partition coefficient (Wildman–Crippen LogP) is 3.63. The standard InChI is InChI=1S/C21H23FN4O3/c22-17-5-3-15(4-6-17)20-18(26(28)29)7-8-19(23-20)24-13-9-16(10-14-24)21(27)25-11-1-2-12-25/h3-8,16H,1-2,9-14H2. The Bertz CT molecular complexity index is 905. The van der Waals surface area contributed by atoms with Gasteiger partial charge in [0.05, 0.1) is 4.92 Å². The second-order valence-corrected chi connectivity index (χ2v) is 7.59. The second kappa shape index (κ2) is 8.14. The highest BCUT2D eigenvalue weighted by Crippen LogP contribution is 2.32. The molecule has 2 saturated heterocycles. The predicted molar refractivity (Wildman–Crippen MR) is 107 cm³/mol. The number of likely N-dealkylation sites (tertiary alicyclic amines) is 1. The molecule has 7 nitrogen and oxygen atoms in total. The van der Waals surface area contributed by atoms with Crippen molar-refractivity contribution in [2.24, 2.45) is 5.92 Å². The fraction of sp³-hybridized carbons (Fsp3) is 0.429. The molecule has 29 heavy (non-hydrogen) atoms. The van der Waals surface area contributed by atoms with Crippen LogP contribution >= 0.6 is 0 Å². The number of amides is 1. The Morgan fingerprint density at radius 1 is 1.03 bits per heavy atom. The van der Waals surface area contributed by atoms with Crippen LogP contribution in [0.4, 0.5) is 15.9 Å². The largest absolute Gasteiger partial charge is 0.357 e. The van der Waals surface area contributed by atoms with Gasteiger partial charge in [0.15, 0.2) is 5.69 Å². The number of aromatic nitrogens is 1. The van der Waals surface area contributed by atoms with Gasteiger partial charge in [-0.2, -0.15) is 0 Å². The lowest BCUT2D eigenvalue weighted by molar-refractivity contribution is -0.384. The van der Waals surface area contributed by atoms with Crippen LogP contribution in [-0.2, 0) is 4.79 Å². The first-order valence-electron chi connectivity index (χ1n) is 9.98. The summed E-state index contributed by atoms with van der Waals surface area (Å²) in [7, 11) is 0. The van der Waals surface area contributed by atoms with Gasteiger partial charge >= 0.3 is 0 Å². The number of pyridine rings is 1. The summed E-state index contributed by atoms with van der Waals surface area (Å²) in [5.74, 6) is 0.532. The molecule has 0 saturated carbocycles. The molecule has 2 aliphatic heterocycles. The highest BCUT2D eigenvalue weighted by molar-refractivity contribution is 5.79. The lowest BCUT2D eigenvalue weighted by Crippen LogP contribution is -2.41. The summed E-state index contributed by atoms with van der Waals surface area (Å²) in [6.07, 6.45) is 3.67. The molecule has 1 amide bonds.